The number of fused-ring (bicyclic) bond motifs is 1. The van der Waals surface area contributed by atoms with Crippen LogP contribution in [0.3, 0.4) is 0 Å². The maximum Gasteiger partial charge on any atom is 0.218 e. The topological polar surface area (TPSA) is 85.1 Å². The number of aromatic nitrogens is 2. The summed E-state index contributed by atoms with van der Waals surface area (Å²) in [5, 5.41) is 7.29. The standard InChI is InChI=1S/C15H17N3O3S2/c1-3-12(15-16-10(2)8-22-15)18-23(19,20)9-13-11-6-4-5-7-14(11)21-17-13/h4-8,12,18H,3,9H2,1-2H3/t12-/m1/s1. The first-order valence-electron chi connectivity index (χ1n) is 7.24. The number of nitrogens with one attached hydrogen (secondary N) is 1. The molecule has 0 radical (unpaired) electrons. The van der Waals surface area contributed by atoms with E-state index in [1.807, 2.05) is 31.4 Å². The van der Waals surface area contributed by atoms with Gasteiger partial charge in [-0.2, -0.15) is 0 Å². The van der Waals surface area contributed by atoms with Gasteiger partial charge in [-0.25, -0.2) is 18.1 Å². The van der Waals surface area contributed by atoms with Crippen molar-refractivity contribution in [1.29, 1.82) is 0 Å². The first-order chi connectivity index (χ1) is 11.0. The van der Waals surface area contributed by atoms with Crippen LogP contribution in [0.4, 0.5) is 0 Å². The van der Waals surface area contributed by atoms with E-state index in [4.69, 9.17) is 4.52 Å². The van der Waals surface area contributed by atoms with Gasteiger partial charge < -0.3 is 4.52 Å². The Labute approximate surface area is 138 Å². The van der Waals surface area contributed by atoms with E-state index in [0.717, 1.165) is 16.1 Å². The van der Waals surface area contributed by atoms with Crippen molar-refractivity contribution in [2.24, 2.45) is 0 Å². The van der Waals surface area contributed by atoms with E-state index in [-0.39, 0.29) is 11.8 Å². The summed E-state index contributed by atoms with van der Waals surface area (Å²) in [7, 11) is -3.55. The van der Waals surface area contributed by atoms with Crippen LogP contribution in [0.5, 0.6) is 0 Å². The highest BCUT2D eigenvalue weighted by Gasteiger charge is 2.23. The number of nitrogens with zero attached hydrogens (tertiary/aromatic N) is 2. The van der Waals surface area contributed by atoms with Crippen molar-refractivity contribution in [2.75, 3.05) is 0 Å². The fraction of sp³-hybridized carbons (Fsp3) is 0.333. The molecule has 0 aliphatic carbocycles. The quantitative estimate of drug-likeness (QED) is 0.737. The van der Waals surface area contributed by atoms with Gasteiger partial charge in [0.05, 0.1) is 6.04 Å². The second-order valence-electron chi connectivity index (χ2n) is 5.29. The number of thiazole rings is 1. The maximum absolute atomic E-state index is 12.5. The van der Waals surface area contributed by atoms with E-state index in [9.17, 15) is 8.42 Å². The zero-order chi connectivity index (χ0) is 16.4. The van der Waals surface area contributed by atoms with E-state index < -0.39 is 10.0 Å². The predicted molar refractivity (Wildman–Crippen MR) is 89.7 cm³/mol. The van der Waals surface area contributed by atoms with Crippen LogP contribution in [0.1, 0.15) is 35.8 Å². The normalized spacial score (nSPS) is 13.5. The smallest absolute Gasteiger partial charge is 0.218 e. The molecule has 0 spiro atoms. The fourth-order valence-corrected chi connectivity index (χ4v) is 4.69. The molecule has 3 rings (SSSR count). The van der Waals surface area contributed by atoms with Crippen LogP contribution in [-0.4, -0.2) is 18.6 Å². The maximum atomic E-state index is 12.5. The minimum atomic E-state index is -3.55. The van der Waals surface area contributed by atoms with Crippen molar-refractivity contribution in [3.05, 3.63) is 46.0 Å². The van der Waals surface area contributed by atoms with Gasteiger partial charge in [-0.1, -0.05) is 24.2 Å². The van der Waals surface area contributed by atoms with Crippen LogP contribution in [0, 0.1) is 6.92 Å². The molecule has 8 heteroatoms. The zero-order valence-corrected chi connectivity index (χ0v) is 14.4. The summed E-state index contributed by atoms with van der Waals surface area (Å²) in [6.45, 7) is 3.82. The molecule has 1 atom stereocenters. The highest BCUT2D eigenvalue weighted by Crippen LogP contribution is 2.24. The Balaban J connectivity index is 1.81. The predicted octanol–water partition coefficient (Wildman–Crippen LogP) is 3.16. The lowest BCUT2D eigenvalue weighted by molar-refractivity contribution is 0.448. The number of rotatable bonds is 6. The summed E-state index contributed by atoms with van der Waals surface area (Å²) in [5.41, 5.74) is 1.89. The molecular weight excluding hydrogens is 334 g/mol. The molecule has 23 heavy (non-hydrogen) atoms. The highest BCUT2D eigenvalue weighted by molar-refractivity contribution is 7.88. The summed E-state index contributed by atoms with van der Waals surface area (Å²) in [4.78, 5) is 4.37. The summed E-state index contributed by atoms with van der Waals surface area (Å²) >= 11 is 1.46. The highest BCUT2D eigenvalue weighted by atomic mass is 32.2. The Bertz CT molecular complexity index is 915. The molecule has 0 saturated heterocycles. The summed E-state index contributed by atoms with van der Waals surface area (Å²) < 4.78 is 32.8. The van der Waals surface area contributed by atoms with Crippen LogP contribution in [0.2, 0.25) is 0 Å². The van der Waals surface area contributed by atoms with Crippen molar-refractivity contribution in [3.63, 3.8) is 0 Å². The number of aryl methyl sites for hydroxylation is 1. The molecule has 0 fully saturated rings. The van der Waals surface area contributed by atoms with E-state index >= 15 is 0 Å². The van der Waals surface area contributed by atoms with Gasteiger partial charge in [-0.15, -0.1) is 11.3 Å². The van der Waals surface area contributed by atoms with Crippen LogP contribution in [-0.2, 0) is 15.8 Å². The van der Waals surface area contributed by atoms with E-state index in [2.05, 4.69) is 14.9 Å². The molecule has 2 aromatic heterocycles. The summed E-state index contributed by atoms with van der Waals surface area (Å²) in [6, 6.07) is 6.90. The number of hydrogen-bond donors (Lipinski definition) is 1. The summed E-state index contributed by atoms with van der Waals surface area (Å²) in [6.07, 6.45) is 0.631. The largest absolute Gasteiger partial charge is 0.356 e. The van der Waals surface area contributed by atoms with Gasteiger partial charge in [0, 0.05) is 16.5 Å². The van der Waals surface area contributed by atoms with Crippen molar-refractivity contribution in [2.45, 2.75) is 32.1 Å². The third kappa shape index (κ3) is 3.60. The van der Waals surface area contributed by atoms with Gasteiger partial charge in [0.15, 0.2) is 5.58 Å². The third-order valence-electron chi connectivity index (χ3n) is 3.44. The second-order valence-corrected chi connectivity index (χ2v) is 7.93. The Kier molecular flexibility index (Phi) is 4.47. The van der Waals surface area contributed by atoms with E-state index in [1.165, 1.54) is 11.3 Å². The molecule has 1 aromatic carbocycles. The molecule has 0 bridgehead atoms. The number of para-hydroxylation sites is 1. The van der Waals surface area contributed by atoms with Gasteiger partial charge in [-0.3, -0.25) is 0 Å². The Morgan fingerprint density at radius 1 is 1.35 bits per heavy atom. The third-order valence-corrected chi connectivity index (χ3v) is 5.82. The lowest BCUT2D eigenvalue weighted by Gasteiger charge is -2.14. The SMILES string of the molecule is CC[C@@H](NS(=O)(=O)Cc1noc2ccccc12)c1nc(C)cs1. The first-order valence-corrected chi connectivity index (χ1v) is 9.77. The van der Waals surface area contributed by atoms with Crippen LogP contribution < -0.4 is 4.72 Å². The van der Waals surface area contributed by atoms with Crippen molar-refractivity contribution >= 4 is 32.3 Å². The fourth-order valence-electron chi connectivity index (χ4n) is 2.32. The van der Waals surface area contributed by atoms with E-state index in [0.29, 0.717) is 17.7 Å². The van der Waals surface area contributed by atoms with Crippen LogP contribution in [0.25, 0.3) is 11.0 Å². The van der Waals surface area contributed by atoms with Gasteiger partial charge in [0.25, 0.3) is 0 Å². The van der Waals surface area contributed by atoms with Crippen molar-refractivity contribution in [1.82, 2.24) is 14.9 Å². The average molecular weight is 351 g/mol. The molecule has 6 nitrogen and oxygen atoms in total. The number of hydrogen-bond acceptors (Lipinski definition) is 6. The molecule has 0 aliphatic heterocycles. The second kappa shape index (κ2) is 6.38. The van der Waals surface area contributed by atoms with Gasteiger partial charge in [0.1, 0.15) is 16.5 Å². The number of sulfonamides is 1. The molecule has 2 heterocycles. The monoisotopic (exact) mass is 351 g/mol. The molecule has 122 valence electrons. The van der Waals surface area contributed by atoms with Gasteiger partial charge in [-0.05, 0) is 25.5 Å². The van der Waals surface area contributed by atoms with Crippen molar-refractivity contribution in [3.8, 4) is 0 Å². The zero-order valence-electron chi connectivity index (χ0n) is 12.8. The summed E-state index contributed by atoms with van der Waals surface area (Å²) in [5.74, 6) is -0.217. The van der Waals surface area contributed by atoms with Crippen LogP contribution in [0.15, 0.2) is 34.2 Å². The molecule has 0 saturated carbocycles. The molecular formula is C15H17N3O3S2. The molecule has 0 unspecified atom stereocenters. The van der Waals surface area contributed by atoms with Gasteiger partial charge >= 0.3 is 0 Å². The average Bonchev–Trinajstić information content (AvgIpc) is 3.12. The Hall–Kier alpha value is -1.77. The van der Waals surface area contributed by atoms with Crippen molar-refractivity contribution < 1.29 is 12.9 Å². The van der Waals surface area contributed by atoms with Gasteiger partial charge in [0.2, 0.25) is 10.0 Å². The number of benzene rings is 1. The molecule has 1 N–H and O–H groups in total. The molecule has 0 amide bonds. The van der Waals surface area contributed by atoms with Crippen LogP contribution >= 0.6 is 11.3 Å². The minimum absolute atomic E-state index is 0.217. The lowest BCUT2D eigenvalue weighted by atomic mass is 10.2. The minimum Gasteiger partial charge on any atom is -0.356 e. The molecule has 0 aliphatic rings. The lowest BCUT2D eigenvalue weighted by Crippen LogP contribution is -2.29. The Morgan fingerprint density at radius 3 is 2.83 bits per heavy atom. The van der Waals surface area contributed by atoms with E-state index in [1.54, 1.807) is 12.1 Å². The first kappa shape index (κ1) is 16.1. The Morgan fingerprint density at radius 2 is 2.13 bits per heavy atom. The molecule has 3 aromatic rings.